The lowest BCUT2D eigenvalue weighted by Gasteiger charge is -2.30. The van der Waals surface area contributed by atoms with E-state index in [4.69, 9.17) is 20.9 Å². The third-order valence-corrected chi connectivity index (χ3v) is 4.27. The first-order valence-corrected chi connectivity index (χ1v) is 8.51. The summed E-state index contributed by atoms with van der Waals surface area (Å²) in [5, 5.41) is 4.65. The number of rotatable bonds is 5. The number of halogens is 1. The summed E-state index contributed by atoms with van der Waals surface area (Å²) in [5.41, 5.74) is 0.820. The molecule has 0 saturated carbocycles. The summed E-state index contributed by atoms with van der Waals surface area (Å²) in [6, 6.07) is 7.34. The van der Waals surface area contributed by atoms with Gasteiger partial charge in [-0.15, -0.1) is 0 Å². The summed E-state index contributed by atoms with van der Waals surface area (Å²) in [6.45, 7) is 4.35. The van der Waals surface area contributed by atoms with Gasteiger partial charge in [0.25, 0.3) is 0 Å². The molecule has 2 heterocycles. The van der Waals surface area contributed by atoms with Crippen molar-refractivity contribution in [2.75, 3.05) is 19.7 Å². The normalized spacial score (nSPS) is 18.5. The number of piperidine rings is 1. The van der Waals surface area contributed by atoms with Crippen molar-refractivity contribution in [2.45, 2.75) is 26.3 Å². The molecule has 1 aliphatic rings. The predicted molar refractivity (Wildman–Crippen MR) is 89.4 cm³/mol. The van der Waals surface area contributed by atoms with Gasteiger partial charge in [0, 0.05) is 17.1 Å². The Hall–Kier alpha value is -1.92. The minimum atomic E-state index is -0.118. The second-order valence-corrected chi connectivity index (χ2v) is 6.28. The molecule has 0 amide bonds. The fourth-order valence-electron chi connectivity index (χ4n) is 2.91. The number of ether oxygens (including phenoxy) is 1. The molecule has 0 bridgehead atoms. The third kappa shape index (κ3) is 4.13. The van der Waals surface area contributed by atoms with E-state index < -0.39 is 0 Å². The summed E-state index contributed by atoms with van der Waals surface area (Å²) in [7, 11) is 0. The van der Waals surface area contributed by atoms with E-state index >= 15 is 0 Å². The van der Waals surface area contributed by atoms with Crippen LogP contribution in [0.1, 0.15) is 25.7 Å². The Kier molecular flexibility index (Phi) is 5.48. The summed E-state index contributed by atoms with van der Waals surface area (Å²) >= 11 is 5.99. The van der Waals surface area contributed by atoms with Crippen LogP contribution in [0.5, 0.6) is 0 Å². The second kappa shape index (κ2) is 7.77. The van der Waals surface area contributed by atoms with Crippen LogP contribution in [0.2, 0.25) is 5.02 Å². The number of hydrogen-bond acceptors (Lipinski definition) is 6. The van der Waals surface area contributed by atoms with Crippen molar-refractivity contribution >= 4 is 17.6 Å². The molecule has 0 N–H and O–H groups in total. The maximum absolute atomic E-state index is 11.9. The van der Waals surface area contributed by atoms with Crippen LogP contribution in [0.15, 0.2) is 28.8 Å². The third-order valence-electron chi connectivity index (χ3n) is 4.04. The Morgan fingerprint density at radius 3 is 3.17 bits per heavy atom. The molecule has 1 fully saturated rings. The van der Waals surface area contributed by atoms with E-state index in [-0.39, 0.29) is 11.9 Å². The van der Waals surface area contributed by atoms with Crippen molar-refractivity contribution in [1.29, 1.82) is 0 Å². The van der Waals surface area contributed by atoms with Crippen molar-refractivity contribution in [3.05, 3.63) is 35.2 Å². The highest BCUT2D eigenvalue weighted by molar-refractivity contribution is 6.30. The molecule has 6 nitrogen and oxygen atoms in total. The molecule has 0 spiro atoms. The first-order chi connectivity index (χ1) is 11.7. The molecule has 1 aromatic carbocycles. The van der Waals surface area contributed by atoms with Crippen LogP contribution >= 0.6 is 11.6 Å². The molecule has 0 aliphatic carbocycles. The fraction of sp³-hybridized carbons (Fsp3) is 0.471. The highest BCUT2D eigenvalue weighted by Crippen LogP contribution is 2.22. The average molecular weight is 350 g/mol. The molecule has 2 aromatic rings. The van der Waals surface area contributed by atoms with E-state index in [0.717, 1.165) is 24.9 Å². The second-order valence-electron chi connectivity index (χ2n) is 5.85. The van der Waals surface area contributed by atoms with Crippen molar-refractivity contribution < 1.29 is 14.1 Å². The first kappa shape index (κ1) is 16.9. The summed E-state index contributed by atoms with van der Waals surface area (Å²) in [5.74, 6) is 0.863. The smallest absolute Gasteiger partial charge is 0.310 e. The maximum Gasteiger partial charge on any atom is 0.310 e. The fourth-order valence-corrected chi connectivity index (χ4v) is 3.10. The Labute approximate surface area is 145 Å². The van der Waals surface area contributed by atoms with Crippen molar-refractivity contribution in [2.24, 2.45) is 5.92 Å². The summed E-state index contributed by atoms with van der Waals surface area (Å²) in [6.07, 6.45) is 1.83. The largest absolute Gasteiger partial charge is 0.466 e. The van der Waals surface area contributed by atoms with Gasteiger partial charge in [-0.1, -0.05) is 28.9 Å². The molecule has 0 radical (unpaired) electrons. The van der Waals surface area contributed by atoms with E-state index in [9.17, 15) is 4.79 Å². The highest BCUT2D eigenvalue weighted by atomic mass is 35.5. The lowest BCUT2D eigenvalue weighted by atomic mass is 9.98. The Bertz CT molecular complexity index is 704. The number of carbonyl (C=O) groups is 1. The lowest BCUT2D eigenvalue weighted by molar-refractivity contribution is -0.150. The minimum Gasteiger partial charge on any atom is -0.466 e. The van der Waals surface area contributed by atoms with Crippen molar-refractivity contribution in [1.82, 2.24) is 15.0 Å². The van der Waals surface area contributed by atoms with E-state index in [1.54, 1.807) is 12.1 Å². The van der Waals surface area contributed by atoms with Crippen LogP contribution in [0.25, 0.3) is 11.4 Å². The first-order valence-electron chi connectivity index (χ1n) is 8.13. The number of nitrogens with zero attached hydrogens (tertiary/aromatic N) is 3. The number of benzene rings is 1. The zero-order chi connectivity index (χ0) is 16.9. The predicted octanol–water partition coefficient (Wildman–Crippen LogP) is 3.17. The van der Waals surface area contributed by atoms with Gasteiger partial charge in [-0.05, 0) is 38.4 Å². The van der Waals surface area contributed by atoms with Crippen LogP contribution in [0.3, 0.4) is 0 Å². The molecular formula is C17H20ClN3O3. The quantitative estimate of drug-likeness (QED) is 0.772. The Morgan fingerprint density at radius 2 is 2.38 bits per heavy atom. The number of aromatic nitrogens is 2. The van der Waals surface area contributed by atoms with E-state index in [2.05, 4.69) is 15.0 Å². The Balaban J connectivity index is 1.63. The van der Waals surface area contributed by atoms with Gasteiger partial charge >= 0.3 is 5.97 Å². The minimum absolute atomic E-state index is 0.0750. The SMILES string of the molecule is CCOC(=O)[C@@H]1CCCN(Cc2nc(-c3cccc(Cl)c3)no2)C1. The topological polar surface area (TPSA) is 68.5 Å². The number of hydrogen-bond donors (Lipinski definition) is 0. The number of carbonyl (C=O) groups excluding carboxylic acids is 1. The molecule has 1 saturated heterocycles. The highest BCUT2D eigenvalue weighted by Gasteiger charge is 2.27. The van der Waals surface area contributed by atoms with E-state index in [0.29, 0.717) is 36.4 Å². The van der Waals surface area contributed by atoms with Gasteiger partial charge in [-0.25, -0.2) is 0 Å². The molecule has 7 heteroatoms. The molecule has 1 atom stereocenters. The lowest BCUT2D eigenvalue weighted by Crippen LogP contribution is -2.39. The number of likely N-dealkylation sites (tertiary alicyclic amines) is 1. The van der Waals surface area contributed by atoms with Gasteiger partial charge in [-0.2, -0.15) is 4.98 Å². The van der Waals surface area contributed by atoms with Gasteiger partial charge in [0.1, 0.15) is 0 Å². The van der Waals surface area contributed by atoms with Crippen molar-refractivity contribution in [3.8, 4) is 11.4 Å². The molecule has 3 rings (SSSR count). The van der Waals surface area contributed by atoms with Crippen molar-refractivity contribution in [3.63, 3.8) is 0 Å². The van der Waals surface area contributed by atoms with Crippen LogP contribution < -0.4 is 0 Å². The zero-order valence-corrected chi connectivity index (χ0v) is 14.3. The molecular weight excluding hydrogens is 330 g/mol. The molecule has 0 unspecified atom stereocenters. The van der Waals surface area contributed by atoms with Crippen LogP contribution in [-0.2, 0) is 16.1 Å². The van der Waals surface area contributed by atoms with Gasteiger partial charge in [0.05, 0.1) is 19.1 Å². The number of esters is 1. The summed E-state index contributed by atoms with van der Waals surface area (Å²) in [4.78, 5) is 18.5. The van der Waals surface area contributed by atoms with Gasteiger partial charge in [0.15, 0.2) is 0 Å². The van der Waals surface area contributed by atoms with Gasteiger partial charge in [-0.3, -0.25) is 9.69 Å². The molecule has 128 valence electrons. The van der Waals surface area contributed by atoms with Crippen LogP contribution in [-0.4, -0.2) is 40.7 Å². The van der Waals surface area contributed by atoms with E-state index in [1.165, 1.54) is 0 Å². The van der Waals surface area contributed by atoms with Gasteiger partial charge < -0.3 is 9.26 Å². The molecule has 1 aliphatic heterocycles. The van der Waals surface area contributed by atoms with Gasteiger partial charge in [0.2, 0.25) is 11.7 Å². The standard InChI is InChI=1S/C17H20ClN3O3/c1-2-23-17(22)13-6-4-8-21(10-13)11-15-19-16(20-24-15)12-5-3-7-14(18)9-12/h3,5,7,9,13H,2,4,6,8,10-11H2,1H3/t13-/m1/s1. The summed E-state index contributed by atoms with van der Waals surface area (Å²) < 4.78 is 10.5. The maximum atomic E-state index is 11.9. The molecule has 24 heavy (non-hydrogen) atoms. The Morgan fingerprint density at radius 1 is 1.50 bits per heavy atom. The average Bonchev–Trinajstić information content (AvgIpc) is 3.04. The monoisotopic (exact) mass is 349 g/mol. The molecule has 1 aromatic heterocycles. The van der Waals surface area contributed by atoms with Crippen LogP contribution in [0.4, 0.5) is 0 Å². The van der Waals surface area contributed by atoms with Crippen LogP contribution in [0, 0.1) is 5.92 Å². The van der Waals surface area contributed by atoms with E-state index in [1.807, 2.05) is 19.1 Å². The zero-order valence-electron chi connectivity index (χ0n) is 13.6.